The van der Waals surface area contributed by atoms with Crippen LogP contribution < -0.4 is 5.32 Å². The minimum absolute atomic E-state index is 0.0538. The van der Waals surface area contributed by atoms with Crippen molar-refractivity contribution in [2.24, 2.45) is 0 Å². The number of hydrogen-bond acceptors (Lipinski definition) is 6. The number of halogens is 1. The third kappa shape index (κ3) is 3.54. The molecule has 0 unspecified atom stereocenters. The summed E-state index contributed by atoms with van der Waals surface area (Å²) < 4.78 is 5.02. The molecule has 0 atom stereocenters. The normalized spacial score (nSPS) is 10.0. The van der Waals surface area contributed by atoms with E-state index in [-0.39, 0.29) is 11.3 Å². The van der Waals surface area contributed by atoms with Crippen LogP contribution in [0.4, 0.5) is 11.5 Å². The van der Waals surface area contributed by atoms with Crippen molar-refractivity contribution in [2.45, 2.75) is 0 Å². The van der Waals surface area contributed by atoms with Gasteiger partial charge in [0, 0.05) is 10.2 Å². The molecule has 0 aliphatic rings. The fourth-order valence-electron chi connectivity index (χ4n) is 1.54. The molecular weight excluding hydrogens is 342 g/mol. The third-order valence-electron chi connectivity index (χ3n) is 2.50. The van der Waals surface area contributed by atoms with Gasteiger partial charge in [-0.15, -0.1) is 0 Å². The monoisotopic (exact) mass is 351 g/mol. The van der Waals surface area contributed by atoms with Crippen molar-refractivity contribution < 1.29 is 19.4 Å². The quantitative estimate of drug-likeness (QED) is 0.815. The molecular formula is C13H10BrN3O4. The first-order valence-electron chi connectivity index (χ1n) is 5.71. The van der Waals surface area contributed by atoms with E-state index < -0.39 is 11.9 Å². The van der Waals surface area contributed by atoms with E-state index in [1.54, 1.807) is 12.1 Å². The fraction of sp³-hybridized carbons (Fsp3) is 0.0769. The van der Waals surface area contributed by atoms with Crippen molar-refractivity contribution in [1.82, 2.24) is 9.97 Å². The van der Waals surface area contributed by atoms with E-state index in [0.29, 0.717) is 16.0 Å². The number of carboxylic acid groups (broad SMARTS) is 1. The van der Waals surface area contributed by atoms with Crippen molar-refractivity contribution in [3.63, 3.8) is 0 Å². The number of methoxy groups -OCH3 is 1. The summed E-state index contributed by atoms with van der Waals surface area (Å²) in [6.07, 6.45) is 2.69. The Hall–Kier alpha value is -2.48. The number of carbonyl (C=O) groups is 2. The van der Waals surface area contributed by atoms with Gasteiger partial charge in [0.15, 0.2) is 5.69 Å². The van der Waals surface area contributed by atoms with E-state index in [0.717, 1.165) is 0 Å². The largest absolute Gasteiger partial charge is 0.478 e. The first kappa shape index (κ1) is 14.9. The van der Waals surface area contributed by atoms with E-state index in [1.807, 2.05) is 0 Å². The van der Waals surface area contributed by atoms with E-state index in [2.05, 4.69) is 36.0 Å². The summed E-state index contributed by atoms with van der Waals surface area (Å²) in [7, 11) is 1.25. The number of aromatic nitrogens is 2. The number of hydrogen-bond donors (Lipinski definition) is 2. The summed E-state index contributed by atoms with van der Waals surface area (Å²) in [5.41, 5.74) is 0.669. The number of anilines is 2. The lowest BCUT2D eigenvalue weighted by Crippen LogP contribution is -2.07. The molecule has 1 heterocycles. The van der Waals surface area contributed by atoms with E-state index in [4.69, 9.17) is 5.11 Å². The second kappa shape index (κ2) is 6.31. The smallest absolute Gasteiger partial charge is 0.358 e. The van der Waals surface area contributed by atoms with Crippen molar-refractivity contribution in [2.75, 3.05) is 12.4 Å². The maximum Gasteiger partial charge on any atom is 0.358 e. The van der Waals surface area contributed by atoms with Gasteiger partial charge in [0.2, 0.25) is 0 Å². The van der Waals surface area contributed by atoms with Gasteiger partial charge in [-0.3, -0.25) is 4.98 Å². The molecule has 0 amide bonds. The van der Waals surface area contributed by atoms with Gasteiger partial charge in [0.1, 0.15) is 5.82 Å². The molecule has 2 aromatic rings. The van der Waals surface area contributed by atoms with Crippen LogP contribution in [0.25, 0.3) is 0 Å². The highest BCUT2D eigenvalue weighted by Crippen LogP contribution is 2.23. The van der Waals surface area contributed by atoms with Crippen LogP contribution >= 0.6 is 15.9 Å². The van der Waals surface area contributed by atoms with E-state index in [1.165, 1.54) is 25.6 Å². The van der Waals surface area contributed by atoms with Gasteiger partial charge in [-0.05, 0) is 34.1 Å². The highest BCUT2D eigenvalue weighted by atomic mass is 79.9. The first-order chi connectivity index (χ1) is 10.0. The van der Waals surface area contributed by atoms with Crippen molar-refractivity contribution in [3.8, 4) is 0 Å². The Bertz CT molecular complexity index is 706. The summed E-state index contributed by atoms with van der Waals surface area (Å²) in [6, 6.07) is 4.71. The number of carboxylic acids is 1. The van der Waals surface area contributed by atoms with E-state index >= 15 is 0 Å². The molecule has 108 valence electrons. The van der Waals surface area contributed by atoms with Crippen LogP contribution in [-0.4, -0.2) is 34.1 Å². The van der Waals surface area contributed by atoms with Gasteiger partial charge in [-0.25, -0.2) is 14.6 Å². The van der Waals surface area contributed by atoms with Crippen LogP contribution in [-0.2, 0) is 4.74 Å². The average molecular weight is 352 g/mol. The second-order valence-electron chi connectivity index (χ2n) is 3.91. The Kier molecular flexibility index (Phi) is 4.49. The van der Waals surface area contributed by atoms with Crippen LogP contribution in [0.3, 0.4) is 0 Å². The molecule has 8 heteroatoms. The van der Waals surface area contributed by atoms with Gasteiger partial charge in [-0.1, -0.05) is 0 Å². The van der Waals surface area contributed by atoms with Crippen molar-refractivity contribution >= 4 is 39.4 Å². The van der Waals surface area contributed by atoms with Crippen LogP contribution in [0.1, 0.15) is 20.8 Å². The summed E-state index contributed by atoms with van der Waals surface area (Å²) in [4.78, 5) is 30.3. The SMILES string of the molecule is COC(=O)c1cncc(Nc2ccc(Br)c(C(=O)O)c2)n1. The van der Waals surface area contributed by atoms with Gasteiger partial charge in [-0.2, -0.15) is 0 Å². The molecule has 0 fully saturated rings. The lowest BCUT2D eigenvalue weighted by Gasteiger charge is -2.08. The highest BCUT2D eigenvalue weighted by Gasteiger charge is 2.11. The van der Waals surface area contributed by atoms with Crippen LogP contribution in [0.2, 0.25) is 0 Å². The predicted molar refractivity (Wildman–Crippen MR) is 77.8 cm³/mol. The number of esters is 1. The standard InChI is InChI=1S/C13H10BrN3O4/c1-21-13(20)10-5-15-6-11(17-10)16-7-2-3-9(14)8(4-7)12(18)19/h2-6H,1H3,(H,16,17)(H,18,19). The zero-order valence-electron chi connectivity index (χ0n) is 10.8. The summed E-state index contributed by atoms with van der Waals surface area (Å²) in [6.45, 7) is 0. The fourth-order valence-corrected chi connectivity index (χ4v) is 1.96. The number of benzene rings is 1. The van der Waals surface area contributed by atoms with Crippen LogP contribution in [0.15, 0.2) is 35.1 Å². The minimum Gasteiger partial charge on any atom is -0.478 e. The number of nitrogens with zero attached hydrogens (tertiary/aromatic N) is 2. The lowest BCUT2D eigenvalue weighted by molar-refractivity contribution is 0.0593. The molecule has 21 heavy (non-hydrogen) atoms. The molecule has 2 rings (SSSR count). The first-order valence-corrected chi connectivity index (χ1v) is 6.51. The Morgan fingerprint density at radius 3 is 2.76 bits per heavy atom. The number of aromatic carboxylic acids is 1. The highest BCUT2D eigenvalue weighted by molar-refractivity contribution is 9.10. The van der Waals surface area contributed by atoms with Gasteiger partial charge in [0.25, 0.3) is 0 Å². The molecule has 0 saturated heterocycles. The molecule has 1 aromatic carbocycles. The minimum atomic E-state index is -1.06. The van der Waals surface area contributed by atoms with E-state index in [9.17, 15) is 9.59 Å². The number of rotatable bonds is 4. The molecule has 2 N–H and O–H groups in total. The number of ether oxygens (including phenoxy) is 1. The maximum atomic E-state index is 11.4. The van der Waals surface area contributed by atoms with Crippen molar-refractivity contribution in [1.29, 1.82) is 0 Å². The number of carbonyl (C=O) groups excluding carboxylic acids is 1. The van der Waals surface area contributed by atoms with Crippen molar-refractivity contribution in [3.05, 3.63) is 46.3 Å². The summed E-state index contributed by atoms with van der Waals surface area (Å²) in [5.74, 6) is -1.36. The maximum absolute atomic E-state index is 11.4. The molecule has 0 spiro atoms. The third-order valence-corrected chi connectivity index (χ3v) is 3.19. The van der Waals surface area contributed by atoms with Crippen LogP contribution in [0, 0.1) is 0 Å². The molecule has 0 bridgehead atoms. The van der Waals surface area contributed by atoms with Crippen LogP contribution in [0.5, 0.6) is 0 Å². The number of nitrogens with one attached hydrogen (secondary N) is 1. The topological polar surface area (TPSA) is 101 Å². The molecule has 0 aliphatic carbocycles. The lowest BCUT2D eigenvalue weighted by atomic mass is 10.2. The second-order valence-corrected chi connectivity index (χ2v) is 4.76. The Morgan fingerprint density at radius 1 is 1.33 bits per heavy atom. The Labute approximate surface area is 128 Å². The molecule has 0 aliphatic heterocycles. The molecule has 1 aromatic heterocycles. The summed E-state index contributed by atoms with van der Waals surface area (Å²) >= 11 is 3.16. The average Bonchev–Trinajstić information content (AvgIpc) is 2.48. The zero-order valence-corrected chi connectivity index (χ0v) is 12.4. The van der Waals surface area contributed by atoms with Gasteiger partial charge >= 0.3 is 11.9 Å². The predicted octanol–water partition coefficient (Wildman–Crippen LogP) is 2.47. The molecule has 7 nitrogen and oxygen atoms in total. The zero-order chi connectivity index (χ0) is 15.4. The Morgan fingerprint density at radius 2 is 2.10 bits per heavy atom. The summed E-state index contributed by atoms with van der Waals surface area (Å²) in [5, 5.41) is 11.9. The molecule has 0 saturated carbocycles. The molecule has 0 radical (unpaired) electrons. The Balaban J connectivity index is 2.28. The van der Waals surface area contributed by atoms with Gasteiger partial charge in [0.05, 0.1) is 25.1 Å². The van der Waals surface area contributed by atoms with Gasteiger partial charge < -0.3 is 15.2 Å².